The minimum atomic E-state index is 0.517. The fraction of sp³-hybridized carbons (Fsp3) is 0.444. The van der Waals surface area contributed by atoms with Crippen LogP contribution < -0.4 is 14.8 Å². The highest BCUT2D eigenvalue weighted by molar-refractivity contribution is 7.99. The number of ether oxygens (including phenoxy) is 2. The smallest absolute Gasteiger partial charge is 0.152 e. The summed E-state index contributed by atoms with van der Waals surface area (Å²) in [5.41, 5.74) is 3.75. The molecule has 2 unspecified atom stereocenters. The zero-order valence-electron chi connectivity index (χ0n) is 19.9. The molecule has 2 fully saturated rings. The summed E-state index contributed by atoms with van der Waals surface area (Å²) in [5.74, 6) is 2.39. The molecule has 0 spiro atoms. The van der Waals surface area contributed by atoms with Crippen LogP contribution in [-0.2, 0) is 13.0 Å². The van der Waals surface area contributed by atoms with Gasteiger partial charge in [-0.05, 0) is 61.9 Å². The van der Waals surface area contributed by atoms with E-state index in [1.54, 1.807) is 25.1 Å². The van der Waals surface area contributed by atoms with Gasteiger partial charge < -0.3 is 14.8 Å². The molecule has 35 heavy (non-hydrogen) atoms. The first-order valence-corrected chi connectivity index (χ1v) is 13.3. The van der Waals surface area contributed by atoms with Crippen LogP contribution in [0, 0.1) is 11.3 Å². The van der Waals surface area contributed by atoms with Crippen molar-refractivity contribution in [3.63, 3.8) is 0 Å². The van der Waals surface area contributed by atoms with Crippen molar-refractivity contribution in [2.24, 2.45) is 0 Å². The summed E-state index contributed by atoms with van der Waals surface area (Å²) in [6.07, 6.45) is 9.25. The van der Waals surface area contributed by atoms with Crippen LogP contribution in [0.3, 0.4) is 0 Å². The second-order valence-electron chi connectivity index (χ2n) is 9.60. The Morgan fingerprint density at radius 2 is 2.06 bits per heavy atom. The number of aromatic nitrogens is 2. The minimum Gasteiger partial charge on any atom is -0.497 e. The summed E-state index contributed by atoms with van der Waals surface area (Å²) < 4.78 is 11.0. The predicted octanol–water partition coefficient (Wildman–Crippen LogP) is 4.28. The van der Waals surface area contributed by atoms with E-state index in [1.807, 2.05) is 24.4 Å². The van der Waals surface area contributed by atoms with Crippen LogP contribution in [-0.4, -0.2) is 52.6 Å². The lowest BCUT2D eigenvalue weighted by Gasteiger charge is -2.39. The van der Waals surface area contributed by atoms with E-state index in [0.29, 0.717) is 29.6 Å². The molecule has 2 bridgehead atoms. The van der Waals surface area contributed by atoms with Crippen LogP contribution in [0.25, 0.3) is 10.9 Å². The van der Waals surface area contributed by atoms with Crippen molar-refractivity contribution >= 4 is 22.7 Å². The van der Waals surface area contributed by atoms with Crippen molar-refractivity contribution in [3.8, 4) is 17.6 Å². The van der Waals surface area contributed by atoms with Crippen LogP contribution in [0.2, 0.25) is 0 Å². The molecule has 0 radical (unpaired) electrons. The Bertz CT molecular complexity index is 1280. The van der Waals surface area contributed by atoms with E-state index in [0.717, 1.165) is 66.0 Å². The quantitative estimate of drug-likeness (QED) is 0.529. The fourth-order valence-electron chi connectivity index (χ4n) is 5.95. The number of nitriles is 1. The SMILES string of the molecule is COc1ccc2ncc(C#N)c(CCN3C4CCC3CC(NCc3cc5c(cn3)OCS5)C4)c2c1. The van der Waals surface area contributed by atoms with Crippen molar-refractivity contribution in [3.05, 3.63) is 53.5 Å². The lowest BCUT2D eigenvalue weighted by molar-refractivity contribution is 0.118. The molecule has 3 aliphatic rings. The van der Waals surface area contributed by atoms with Gasteiger partial charge in [0.15, 0.2) is 5.75 Å². The Kier molecular flexibility index (Phi) is 6.23. The van der Waals surface area contributed by atoms with Gasteiger partial charge in [0.2, 0.25) is 0 Å². The van der Waals surface area contributed by atoms with Gasteiger partial charge in [0, 0.05) is 42.8 Å². The molecular weight excluding hydrogens is 458 g/mol. The third-order valence-corrected chi connectivity index (χ3v) is 8.57. The normalized spacial score (nSPS) is 23.1. The number of methoxy groups -OCH3 is 1. The molecule has 8 heteroatoms. The van der Waals surface area contributed by atoms with Gasteiger partial charge >= 0.3 is 0 Å². The third kappa shape index (κ3) is 4.44. The maximum atomic E-state index is 9.74. The zero-order valence-corrected chi connectivity index (χ0v) is 20.7. The Morgan fingerprint density at radius 1 is 1.20 bits per heavy atom. The average molecular weight is 488 g/mol. The van der Waals surface area contributed by atoms with Gasteiger partial charge in [0.25, 0.3) is 0 Å². The van der Waals surface area contributed by atoms with Crippen LogP contribution in [0.15, 0.2) is 41.6 Å². The third-order valence-electron chi connectivity index (χ3n) is 7.70. The minimum absolute atomic E-state index is 0.517. The lowest BCUT2D eigenvalue weighted by atomic mass is 9.95. The summed E-state index contributed by atoms with van der Waals surface area (Å²) >= 11 is 1.74. The monoisotopic (exact) mass is 487 g/mol. The first-order chi connectivity index (χ1) is 17.2. The van der Waals surface area contributed by atoms with Crippen LogP contribution in [0.5, 0.6) is 11.5 Å². The molecule has 2 saturated heterocycles. The van der Waals surface area contributed by atoms with Crippen molar-refractivity contribution in [1.82, 2.24) is 20.2 Å². The van der Waals surface area contributed by atoms with E-state index >= 15 is 0 Å². The van der Waals surface area contributed by atoms with E-state index in [1.165, 1.54) is 17.7 Å². The van der Waals surface area contributed by atoms with Crippen molar-refractivity contribution < 1.29 is 9.47 Å². The number of hydrogen-bond donors (Lipinski definition) is 1. The van der Waals surface area contributed by atoms with E-state index in [9.17, 15) is 5.26 Å². The largest absolute Gasteiger partial charge is 0.497 e. The second kappa shape index (κ2) is 9.65. The Balaban J connectivity index is 1.11. The van der Waals surface area contributed by atoms with Crippen molar-refractivity contribution in [1.29, 1.82) is 5.26 Å². The molecule has 2 aromatic heterocycles. The fourth-order valence-corrected chi connectivity index (χ4v) is 6.74. The van der Waals surface area contributed by atoms with Gasteiger partial charge in [0.05, 0.1) is 35.0 Å². The van der Waals surface area contributed by atoms with Gasteiger partial charge in [-0.15, -0.1) is 0 Å². The average Bonchev–Trinajstić information content (AvgIpc) is 3.45. The van der Waals surface area contributed by atoms with Crippen LogP contribution >= 0.6 is 11.8 Å². The first-order valence-electron chi connectivity index (χ1n) is 12.3. The molecule has 0 saturated carbocycles. The van der Waals surface area contributed by atoms with Crippen molar-refractivity contribution in [2.45, 2.75) is 61.7 Å². The van der Waals surface area contributed by atoms with E-state index in [4.69, 9.17) is 9.47 Å². The first kappa shape index (κ1) is 22.6. The number of rotatable bonds is 7. The molecule has 5 heterocycles. The summed E-state index contributed by atoms with van der Waals surface area (Å²) in [6.45, 7) is 1.77. The van der Waals surface area contributed by atoms with E-state index in [2.05, 4.69) is 32.3 Å². The zero-order chi connectivity index (χ0) is 23.8. The number of hydrogen-bond acceptors (Lipinski definition) is 8. The van der Waals surface area contributed by atoms with Gasteiger partial charge in [-0.25, -0.2) is 0 Å². The molecule has 180 valence electrons. The molecule has 1 N–H and O–H groups in total. The van der Waals surface area contributed by atoms with Gasteiger partial charge in [-0.3, -0.25) is 14.9 Å². The predicted molar refractivity (Wildman–Crippen MR) is 136 cm³/mol. The molecule has 0 amide bonds. The molecule has 3 aliphatic heterocycles. The molecule has 6 rings (SSSR count). The molecule has 1 aromatic carbocycles. The van der Waals surface area contributed by atoms with Crippen LogP contribution in [0.1, 0.15) is 42.5 Å². The van der Waals surface area contributed by atoms with Crippen molar-refractivity contribution in [2.75, 3.05) is 19.6 Å². The van der Waals surface area contributed by atoms with Crippen LogP contribution in [0.4, 0.5) is 0 Å². The molecular formula is C27H29N5O2S. The maximum Gasteiger partial charge on any atom is 0.152 e. The number of pyridine rings is 2. The topological polar surface area (TPSA) is 83.3 Å². The number of thioether (sulfide) groups is 1. The molecule has 2 atom stereocenters. The number of fused-ring (bicyclic) bond motifs is 4. The Hall–Kier alpha value is -2.86. The number of benzene rings is 1. The second-order valence-corrected chi connectivity index (χ2v) is 10.6. The lowest BCUT2D eigenvalue weighted by Crippen LogP contribution is -2.49. The highest BCUT2D eigenvalue weighted by Crippen LogP contribution is 2.37. The van der Waals surface area contributed by atoms with Gasteiger partial charge in [-0.2, -0.15) is 5.26 Å². The van der Waals surface area contributed by atoms with E-state index in [-0.39, 0.29) is 0 Å². The summed E-state index contributed by atoms with van der Waals surface area (Å²) in [5, 5.41) is 14.5. The summed E-state index contributed by atoms with van der Waals surface area (Å²) in [7, 11) is 1.67. The Labute approximate surface area is 209 Å². The highest BCUT2D eigenvalue weighted by Gasteiger charge is 2.40. The number of nitrogens with zero attached hydrogens (tertiary/aromatic N) is 4. The number of piperidine rings is 1. The van der Waals surface area contributed by atoms with E-state index < -0.39 is 0 Å². The number of nitrogens with one attached hydrogen (secondary N) is 1. The molecule has 0 aliphatic carbocycles. The summed E-state index contributed by atoms with van der Waals surface area (Å²) in [4.78, 5) is 12.9. The highest BCUT2D eigenvalue weighted by atomic mass is 32.2. The van der Waals surface area contributed by atoms with Gasteiger partial charge in [0.1, 0.15) is 17.8 Å². The standard InChI is InChI=1S/C27H29N5O2S/c1-33-22-4-5-25-24(11-22)23(17(12-28)13-31-25)6-7-32-20-2-3-21(32)9-18(8-20)29-14-19-10-27-26(15-30-19)34-16-35-27/h4-5,10-11,13,15,18,20-21,29H,2-3,6-9,14,16H2,1H3. The summed E-state index contributed by atoms with van der Waals surface area (Å²) in [6, 6.07) is 12.1. The Morgan fingerprint density at radius 3 is 2.86 bits per heavy atom. The maximum absolute atomic E-state index is 9.74. The van der Waals surface area contributed by atoms with Gasteiger partial charge in [-0.1, -0.05) is 11.8 Å². The molecule has 3 aromatic rings. The molecule has 7 nitrogen and oxygen atoms in total.